The van der Waals surface area contributed by atoms with Crippen molar-refractivity contribution in [1.82, 2.24) is 15.1 Å². The summed E-state index contributed by atoms with van der Waals surface area (Å²) in [5.41, 5.74) is 1.26. The standard InChI is InChI=1S/C17H21N3O3/c21-16-15(18-17(22)23)8-4-7-14-12-19(9-10-20(14)16)11-13-5-2-1-3-6-13/h1-7,14-15,18H,8-12H2,(H,22,23)/t14?,15-/m0/s1. The van der Waals surface area contributed by atoms with E-state index < -0.39 is 12.1 Å². The molecule has 1 saturated heterocycles. The monoisotopic (exact) mass is 315 g/mol. The summed E-state index contributed by atoms with van der Waals surface area (Å²) in [6, 6.07) is 9.62. The number of nitrogens with zero attached hydrogens (tertiary/aromatic N) is 2. The van der Waals surface area contributed by atoms with Gasteiger partial charge >= 0.3 is 6.09 Å². The van der Waals surface area contributed by atoms with Gasteiger partial charge in [-0.05, 0) is 12.0 Å². The molecule has 6 nitrogen and oxygen atoms in total. The molecule has 2 atom stereocenters. The lowest BCUT2D eigenvalue weighted by molar-refractivity contribution is -0.136. The molecular formula is C17H21N3O3. The van der Waals surface area contributed by atoms with Crippen LogP contribution in [0, 0.1) is 0 Å². The third-order valence-electron chi connectivity index (χ3n) is 4.36. The Morgan fingerprint density at radius 3 is 2.78 bits per heavy atom. The first kappa shape index (κ1) is 15.6. The van der Waals surface area contributed by atoms with E-state index in [0.717, 1.165) is 19.6 Å². The highest BCUT2D eigenvalue weighted by molar-refractivity contribution is 5.86. The zero-order valence-corrected chi connectivity index (χ0v) is 12.9. The van der Waals surface area contributed by atoms with Gasteiger partial charge in [0.2, 0.25) is 5.91 Å². The fourth-order valence-corrected chi connectivity index (χ4v) is 3.24. The molecule has 0 spiro atoms. The molecule has 2 aliphatic rings. The minimum absolute atomic E-state index is 0.0144. The molecule has 122 valence electrons. The predicted octanol–water partition coefficient (Wildman–Crippen LogP) is 1.30. The quantitative estimate of drug-likeness (QED) is 0.825. The molecule has 1 aromatic carbocycles. The average Bonchev–Trinajstić information content (AvgIpc) is 2.68. The second-order valence-corrected chi connectivity index (χ2v) is 5.99. The minimum atomic E-state index is -1.15. The van der Waals surface area contributed by atoms with E-state index in [9.17, 15) is 9.59 Å². The first-order valence-electron chi connectivity index (χ1n) is 7.86. The number of rotatable bonds is 3. The van der Waals surface area contributed by atoms with Crippen LogP contribution in [0.2, 0.25) is 0 Å². The van der Waals surface area contributed by atoms with E-state index in [2.05, 4.69) is 22.3 Å². The summed E-state index contributed by atoms with van der Waals surface area (Å²) in [5.74, 6) is -0.123. The molecule has 3 rings (SSSR count). The van der Waals surface area contributed by atoms with Crippen LogP contribution in [0.5, 0.6) is 0 Å². The predicted molar refractivity (Wildman–Crippen MR) is 85.9 cm³/mol. The summed E-state index contributed by atoms with van der Waals surface area (Å²) in [5, 5.41) is 11.2. The van der Waals surface area contributed by atoms with Crippen LogP contribution >= 0.6 is 0 Å². The molecular weight excluding hydrogens is 294 g/mol. The summed E-state index contributed by atoms with van der Waals surface area (Å²) < 4.78 is 0. The minimum Gasteiger partial charge on any atom is -0.465 e. The van der Waals surface area contributed by atoms with Crippen LogP contribution in [0.1, 0.15) is 12.0 Å². The molecule has 2 N–H and O–H groups in total. The van der Waals surface area contributed by atoms with Gasteiger partial charge in [-0.15, -0.1) is 0 Å². The topological polar surface area (TPSA) is 72.9 Å². The maximum atomic E-state index is 12.5. The van der Waals surface area contributed by atoms with Gasteiger partial charge in [0.05, 0.1) is 6.04 Å². The van der Waals surface area contributed by atoms with Gasteiger partial charge in [0, 0.05) is 26.2 Å². The van der Waals surface area contributed by atoms with Gasteiger partial charge in [-0.1, -0.05) is 42.5 Å². The van der Waals surface area contributed by atoms with Crippen LogP contribution in [0.4, 0.5) is 4.79 Å². The van der Waals surface area contributed by atoms with E-state index in [1.54, 1.807) is 4.90 Å². The molecule has 6 heteroatoms. The Bertz CT molecular complexity index is 602. The molecule has 0 aliphatic carbocycles. The van der Waals surface area contributed by atoms with Crippen molar-refractivity contribution in [2.24, 2.45) is 0 Å². The third-order valence-corrected chi connectivity index (χ3v) is 4.36. The van der Waals surface area contributed by atoms with Crippen molar-refractivity contribution in [3.63, 3.8) is 0 Å². The van der Waals surface area contributed by atoms with Crippen LogP contribution < -0.4 is 5.32 Å². The smallest absolute Gasteiger partial charge is 0.405 e. The second-order valence-electron chi connectivity index (χ2n) is 5.99. The molecule has 2 heterocycles. The van der Waals surface area contributed by atoms with E-state index >= 15 is 0 Å². The van der Waals surface area contributed by atoms with Gasteiger partial charge in [-0.3, -0.25) is 9.69 Å². The lowest BCUT2D eigenvalue weighted by Crippen LogP contribution is -2.57. The number of carboxylic acid groups (broad SMARTS) is 1. The normalized spacial score (nSPS) is 24.9. The lowest BCUT2D eigenvalue weighted by Gasteiger charge is -2.40. The Hall–Kier alpha value is -2.34. The second kappa shape index (κ2) is 6.83. The van der Waals surface area contributed by atoms with Gasteiger partial charge in [0.25, 0.3) is 0 Å². The van der Waals surface area contributed by atoms with Crippen LogP contribution in [0.3, 0.4) is 0 Å². The molecule has 1 unspecified atom stereocenters. The molecule has 0 radical (unpaired) electrons. The van der Waals surface area contributed by atoms with Gasteiger partial charge in [0.15, 0.2) is 0 Å². The zero-order chi connectivity index (χ0) is 16.2. The van der Waals surface area contributed by atoms with Crippen molar-refractivity contribution < 1.29 is 14.7 Å². The molecule has 23 heavy (non-hydrogen) atoms. The van der Waals surface area contributed by atoms with E-state index in [1.807, 2.05) is 30.4 Å². The highest BCUT2D eigenvalue weighted by Crippen LogP contribution is 2.19. The van der Waals surface area contributed by atoms with Crippen molar-refractivity contribution >= 4 is 12.0 Å². The van der Waals surface area contributed by atoms with Crippen molar-refractivity contribution in [1.29, 1.82) is 0 Å². The highest BCUT2D eigenvalue weighted by atomic mass is 16.4. The number of carbonyl (C=O) groups is 2. The van der Waals surface area contributed by atoms with E-state index in [4.69, 9.17) is 5.11 Å². The third kappa shape index (κ3) is 3.71. The summed E-state index contributed by atoms with van der Waals surface area (Å²) >= 11 is 0. The van der Waals surface area contributed by atoms with Gasteiger partial charge in [-0.25, -0.2) is 4.79 Å². The number of carbonyl (C=O) groups excluding carboxylic acids is 1. The number of amides is 2. The number of piperazine rings is 1. The number of hydrogen-bond acceptors (Lipinski definition) is 3. The van der Waals surface area contributed by atoms with Gasteiger partial charge in [-0.2, -0.15) is 0 Å². The first-order valence-corrected chi connectivity index (χ1v) is 7.86. The Kier molecular flexibility index (Phi) is 4.62. The number of benzene rings is 1. The number of nitrogens with one attached hydrogen (secondary N) is 1. The Balaban J connectivity index is 1.65. The number of fused-ring (bicyclic) bond motifs is 1. The fraction of sp³-hybridized carbons (Fsp3) is 0.412. The zero-order valence-electron chi connectivity index (χ0n) is 12.9. The summed E-state index contributed by atoms with van der Waals surface area (Å²) in [7, 11) is 0. The maximum absolute atomic E-state index is 12.5. The summed E-state index contributed by atoms with van der Waals surface area (Å²) in [4.78, 5) is 27.5. The molecule has 1 fully saturated rings. The van der Waals surface area contributed by atoms with Crippen molar-refractivity contribution in [2.45, 2.75) is 25.0 Å². The molecule has 0 aromatic heterocycles. The molecule has 2 amide bonds. The Morgan fingerprint density at radius 2 is 2.04 bits per heavy atom. The Morgan fingerprint density at radius 1 is 1.26 bits per heavy atom. The maximum Gasteiger partial charge on any atom is 0.405 e. The molecule has 1 aromatic rings. The summed E-state index contributed by atoms with van der Waals surface area (Å²) in [6.07, 6.45) is 3.20. The highest BCUT2D eigenvalue weighted by Gasteiger charge is 2.34. The van der Waals surface area contributed by atoms with Crippen LogP contribution in [0.15, 0.2) is 42.5 Å². The lowest BCUT2D eigenvalue weighted by atomic mass is 10.1. The fourth-order valence-electron chi connectivity index (χ4n) is 3.24. The molecule has 2 aliphatic heterocycles. The van der Waals surface area contributed by atoms with E-state index in [0.29, 0.717) is 13.0 Å². The van der Waals surface area contributed by atoms with Crippen LogP contribution in [-0.2, 0) is 11.3 Å². The first-order chi connectivity index (χ1) is 11.1. The average molecular weight is 315 g/mol. The van der Waals surface area contributed by atoms with Crippen molar-refractivity contribution in [2.75, 3.05) is 19.6 Å². The SMILES string of the molecule is O=C(O)N[C@H]1CC=CC2CN(Cc3ccccc3)CCN2C1=O. The molecule has 0 bridgehead atoms. The van der Waals surface area contributed by atoms with Gasteiger partial charge < -0.3 is 15.3 Å². The van der Waals surface area contributed by atoms with E-state index in [-0.39, 0.29) is 11.9 Å². The van der Waals surface area contributed by atoms with E-state index in [1.165, 1.54) is 5.56 Å². The van der Waals surface area contributed by atoms with Crippen LogP contribution in [0.25, 0.3) is 0 Å². The Labute approximate surface area is 135 Å². The summed E-state index contributed by atoms with van der Waals surface area (Å²) in [6.45, 7) is 3.06. The van der Waals surface area contributed by atoms with Gasteiger partial charge in [0.1, 0.15) is 6.04 Å². The largest absolute Gasteiger partial charge is 0.465 e. The van der Waals surface area contributed by atoms with Crippen LogP contribution in [-0.4, -0.2) is 58.6 Å². The molecule has 0 saturated carbocycles. The van der Waals surface area contributed by atoms with Crippen molar-refractivity contribution in [3.05, 3.63) is 48.0 Å². The number of hydrogen-bond donors (Lipinski definition) is 2. The van der Waals surface area contributed by atoms with Crippen molar-refractivity contribution in [3.8, 4) is 0 Å².